The first-order valence-corrected chi connectivity index (χ1v) is 6.27. The summed E-state index contributed by atoms with van der Waals surface area (Å²) in [6.07, 6.45) is 2.22. The zero-order chi connectivity index (χ0) is 13.1. The topological polar surface area (TPSA) is 20.3 Å². The van der Waals surface area contributed by atoms with E-state index >= 15 is 0 Å². The van der Waals surface area contributed by atoms with Crippen molar-refractivity contribution < 1.29 is 13.6 Å². The van der Waals surface area contributed by atoms with E-state index in [0.29, 0.717) is 5.92 Å². The third kappa shape index (κ3) is 3.13. The number of Topliss-reactive ketones (excluding diaryl/α,β-unsaturated/α-hetero) is 1. The second-order valence-electron chi connectivity index (χ2n) is 5.03. The summed E-state index contributed by atoms with van der Waals surface area (Å²) in [5, 5.41) is 0. The summed E-state index contributed by atoms with van der Waals surface area (Å²) in [5.74, 6) is -1.01. The quantitative estimate of drug-likeness (QED) is 0.772. The summed E-state index contributed by atoms with van der Waals surface area (Å²) >= 11 is 0. The Morgan fingerprint density at radius 2 is 2.22 bits per heavy atom. The van der Waals surface area contributed by atoms with Gasteiger partial charge in [0.25, 0.3) is 0 Å². The third-order valence-corrected chi connectivity index (χ3v) is 3.34. The van der Waals surface area contributed by atoms with Crippen molar-refractivity contribution in [2.45, 2.75) is 19.8 Å². The van der Waals surface area contributed by atoms with Gasteiger partial charge in [-0.15, -0.1) is 0 Å². The highest BCUT2D eigenvalue weighted by Crippen LogP contribution is 2.17. The van der Waals surface area contributed by atoms with Crippen molar-refractivity contribution >= 4 is 5.78 Å². The zero-order valence-electron chi connectivity index (χ0n) is 10.5. The minimum absolute atomic E-state index is 0.145. The number of hydrogen-bond acceptors (Lipinski definition) is 2. The molecule has 98 valence electrons. The van der Waals surface area contributed by atoms with Gasteiger partial charge < -0.3 is 0 Å². The molecule has 0 amide bonds. The molecule has 1 fully saturated rings. The number of nitrogens with zero attached hydrogens (tertiary/aromatic N) is 1. The number of halogens is 2. The Morgan fingerprint density at radius 3 is 2.94 bits per heavy atom. The minimum Gasteiger partial charge on any atom is -0.296 e. The van der Waals surface area contributed by atoms with Gasteiger partial charge in [-0.25, -0.2) is 8.78 Å². The molecule has 18 heavy (non-hydrogen) atoms. The molecule has 1 aliphatic rings. The fraction of sp³-hybridized carbons (Fsp3) is 0.500. The Bertz CT molecular complexity index is 447. The number of piperidine rings is 1. The minimum atomic E-state index is -0.647. The van der Waals surface area contributed by atoms with Crippen LogP contribution in [0.25, 0.3) is 0 Å². The lowest BCUT2D eigenvalue weighted by Crippen LogP contribution is -2.38. The Labute approximate surface area is 106 Å². The molecular weight excluding hydrogens is 236 g/mol. The molecule has 0 N–H and O–H groups in total. The normalized spacial score (nSPS) is 20.9. The van der Waals surface area contributed by atoms with Gasteiger partial charge in [-0.2, -0.15) is 0 Å². The number of ketones is 1. The van der Waals surface area contributed by atoms with Crippen LogP contribution < -0.4 is 0 Å². The lowest BCUT2D eigenvalue weighted by atomic mass is 9.99. The molecule has 1 heterocycles. The van der Waals surface area contributed by atoms with Crippen molar-refractivity contribution in [3.05, 3.63) is 35.4 Å². The highest BCUT2D eigenvalue weighted by molar-refractivity contribution is 5.97. The smallest absolute Gasteiger partial charge is 0.179 e. The van der Waals surface area contributed by atoms with Crippen LogP contribution in [0.4, 0.5) is 8.78 Å². The molecule has 1 aromatic rings. The number of carbonyl (C=O) groups excluding carboxylic acids is 1. The predicted octanol–water partition coefficient (Wildman–Crippen LogP) is 2.88. The van der Waals surface area contributed by atoms with Crippen LogP contribution in [0.1, 0.15) is 30.1 Å². The van der Waals surface area contributed by atoms with Crippen LogP contribution in [0.15, 0.2) is 18.2 Å². The summed E-state index contributed by atoms with van der Waals surface area (Å²) in [6.45, 7) is 4.01. The maximum absolute atomic E-state index is 13.4. The first kappa shape index (κ1) is 13.1. The van der Waals surface area contributed by atoms with Gasteiger partial charge in [0.1, 0.15) is 11.6 Å². The molecule has 0 aliphatic carbocycles. The standard InChI is InChI=1S/C14H17F2NO/c1-10-3-2-6-17(8-10)9-14(18)12-7-11(15)4-5-13(12)16/h4-5,7,10H,2-3,6,8-9H2,1H3. The van der Waals surface area contributed by atoms with Gasteiger partial charge in [0.05, 0.1) is 12.1 Å². The van der Waals surface area contributed by atoms with Crippen LogP contribution in [0.2, 0.25) is 0 Å². The van der Waals surface area contributed by atoms with Gasteiger partial charge in [0.15, 0.2) is 5.78 Å². The maximum Gasteiger partial charge on any atom is 0.179 e. The van der Waals surface area contributed by atoms with Crippen molar-refractivity contribution in [1.29, 1.82) is 0 Å². The van der Waals surface area contributed by atoms with Gasteiger partial charge >= 0.3 is 0 Å². The van der Waals surface area contributed by atoms with Crippen molar-refractivity contribution in [2.75, 3.05) is 19.6 Å². The second-order valence-corrected chi connectivity index (χ2v) is 5.03. The highest BCUT2D eigenvalue weighted by atomic mass is 19.1. The van der Waals surface area contributed by atoms with E-state index in [9.17, 15) is 13.6 Å². The molecule has 1 saturated heterocycles. The molecule has 0 aromatic heterocycles. The average molecular weight is 253 g/mol. The van der Waals surface area contributed by atoms with Crippen molar-refractivity contribution in [1.82, 2.24) is 4.90 Å². The van der Waals surface area contributed by atoms with E-state index in [-0.39, 0.29) is 17.9 Å². The molecule has 1 atom stereocenters. The number of carbonyl (C=O) groups is 1. The molecule has 2 nitrogen and oxygen atoms in total. The molecule has 0 radical (unpaired) electrons. The second kappa shape index (κ2) is 5.57. The molecule has 1 unspecified atom stereocenters. The molecule has 0 saturated carbocycles. The lowest BCUT2D eigenvalue weighted by molar-refractivity contribution is 0.0888. The maximum atomic E-state index is 13.4. The fourth-order valence-corrected chi connectivity index (χ4v) is 2.43. The Hall–Kier alpha value is -1.29. The largest absolute Gasteiger partial charge is 0.296 e. The van der Waals surface area contributed by atoms with Crippen molar-refractivity contribution in [3.8, 4) is 0 Å². The predicted molar refractivity (Wildman–Crippen MR) is 65.5 cm³/mol. The van der Waals surface area contributed by atoms with Crippen LogP contribution in [0, 0.1) is 17.6 Å². The van der Waals surface area contributed by atoms with Gasteiger partial charge in [-0.1, -0.05) is 6.92 Å². The van der Waals surface area contributed by atoms with E-state index in [2.05, 4.69) is 6.92 Å². The summed E-state index contributed by atoms with van der Waals surface area (Å²) in [4.78, 5) is 14.0. The first-order chi connectivity index (χ1) is 8.56. The van der Waals surface area contributed by atoms with E-state index in [1.54, 1.807) is 0 Å². The molecule has 1 aromatic carbocycles. The number of benzene rings is 1. The summed E-state index contributed by atoms with van der Waals surface area (Å²) in [5.41, 5.74) is -0.145. The number of likely N-dealkylation sites (tertiary alicyclic amines) is 1. The first-order valence-electron chi connectivity index (χ1n) is 6.27. The molecule has 1 aliphatic heterocycles. The number of hydrogen-bond donors (Lipinski definition) is 0. The van der Waals surface area contributed by atoms with E-state index in [4.69, 9.17) is 0 Å². The number of rotatable bonds is 3. The van der Waals surface area contributed by atoms with Gasteiger partial charge in [-0.05, 0) is 43.5 Å². The summed E-state index contributed by atoms with van der Waals surface area (Å²) in [6, 6.07) is 3.00. The van der Waals surface area contributed by atoms with Gasteiger partial charge in [0, 0.05) is 6.54 Å². The van der Waals surface area contributed by atoms with Crippen LogP contribution in [0.5, 0.6) is 0 Å². The van der Waals surface area contributed by atoms with Crippen LogP contribution in [0.3, 0.4) is 0 Å². The summed E-state index contributed by atoms with van der Waals surface area (Å²) < 4.78 is 26.5. The molecule has 2 rings (SSSR count). The fourth-order valence-electron chi connectivity index (χ4n) is 2.43. The van der Waals surface area contributed by atoms with E-state index < -0.39 is 11.6 Å². The SMILES string of the molecule is CC1CCCN(CC(=O)c2cc(F)ccc2F)C1. The monoisotopic (exact) mass is 253 g/mol. The van der Waals surface area contributed by atoms with Crippen molar-refractivity contribution in [3.63, 3.8) is 0 Å². The molecule has 0 bridgehead atoms. The summed E-state index contributed by atoms with van der Waals surface area (Å²) in [7, 11) is 0. The van der Waals surface area contributed by atoms with Gasteiger partial charge in [0.2, 0.25) is 0 Å². The van der Waals surface area contributed by atoms with Gasteiger partial charge in [-0.3, -0.25) is 9.69 Å². The Kier molecular flexibility index (Phi) is 4.07. The van der Waals surface area contributed by atoms with Crippen molar-refractivity contribution in [2.24, 2.45) is 5.92 Å². The zero-order valence-corrected chi connectivity index (χ0v) is 10.5. The van der Waals surface area contributed by atoms with Crippen LogP contribution in [-0.2, 0) is 0 Å². The van der Waals surface area contributed by atoms with E-state index in [1.807, 2.05) is 4.90 Å². The van der Waals surface area contributed by atoms with Crippen LogP contribution in [-0.4, -0.2) is 30.3 Å². The van der Waals surface area contributed by atoms with E-state index in [1.165, 1.54) is 6.42 Å². The van der Waals surface area contributed by atoms with E-state index in [0.717, 1.165) is 37.7 Å². The molecular formula is C14H17F2NO. The lowest BCUT2D eigenvalue weighted by Gasteiger charge is -2.30. The average Bonchev–Trinajstić information content (AvgIpc) is 2.32. The van der Waals surface area contributed by atoms with Crippen LogP contribution >= 0.6 is 0 Å². The Balaban J connectivity index is 2.05. The third-order valence-electron chi connectivity index (χ3n) is 3.34. The molecule has 4 heteroatoms. The highest BCUT2D eigenvalue weighted by Gasteiger charge is 2.21. The Morgan fingerprint density at radius 1 is 1.44 bits per heavy atom. The molecule has 0 spiro atoms.